The predicted octanol–water partition coefficient (Wildman–Crippen LogP) is 3.70. The van der Waals surface area contributed by atoms with Crippen molar-refractivity contribution in [1.82, 2.24) is 9.97 Å². The molecule has 1 aliphatic rings. The Hall–Kier alpha value is -3.94. The van der Waals surface area contributed by atoms with Crippen LogP contribution in [0.4, 0.5) is 0 Å². The molecule has 1 aliphatic carbocycles. The molecule has 3 aromatic rings. The van der Waals surface area contributed by atoms with Gasteiger partial charge in [0.1, 0.15) is 41.6 Å². The number of rotatable bonds is 5. The zero-order chi connectivity index (χ0) is 20.2. The molecule has 8 heteroatoms. The number of nitriles is 2. The molecule has 0 unspecified atom stereocenters. The molecule has 1 heterocycles. The fourth-order valence-electron chi connectivity index (χ4n) is 2.91. The largest absolute Gasteiger partial charge is 0.490 e. The van der Waals surface area contributed by atoms with E-state index in [0.717, 1.165) is 11.3 Å². The highest BCUT2D eigenvalue weighted by molar-refractivity contribution is 6.32. The highest BCUT2D eigenvalue weighted by Crippen LogP contribution is 2.36. The molecule has 0 atom stereocenters. The van der Waals surface area contributed by atoms with E-state index in [1.165, 1.54) is 0 Å². The lowest BCUT2D eigenvalue weighted by Crippen LogP contribution is -2.09. The van der Waals surface area contributed by atoms with Crippen LogP contribution in [0.15, 0.2) is 53.7 Å². The summed E-state index contributed by atoms with van der Waals surface area (Å²) in [6.45, 7) is 0.511. The summed E-state index contributed by atoms with van der Waals surface area (Å²) in [6, 6.07) is 18.4. The number of nitrogens with zero attached hydrogens (tertiary/aromatic N) is 5. The van der Waals surface area contributed by atoms with E-state index in [4.69, 9.17) is 21.2 Å². The number of hydrogen-bond donors (Lipinski definition) is 0. The molecule has 0 N–H and O–H groups in total. The number of oxime groups is 1. The van der Waals surface area contributed by atoms with E-state index in [1.54, 1.807) is 18.2 Å². The molecular weight excluding hydrogens is 390 g/mol. The molecule has 2 aromatic carbocycles. The molecule has 0 amide bonds. The van der Waals surface area contributed by atoms with Gasteiger partial charge in [-0.15, -0.1) is 0 Å². The summed E-state index contributed by atoms with van der Waals surface area (Å²) in [5.74, 6) is 0.737. The fourth-order valence-corrected chi connectivity index (χ4v) is 3.08. The number of hydrogen-bond acceptors (Lipinski definition) is 7. The normalized spacial score (nSPS) is 12.6. The summed E-state index contributed by atoms with van der Waals surface area (Å²) in [5.41, 5.74) is 2.55. The first-order valence-corrected chi connectivity index (χ1v) is 8.99. The van der Waals surface area contributed by atoms with Gasteiger partial charge in [0.05, 0.1) is 0 Å². The minimum atomic E-state index is -0.0646. The van der Waals surface area contributed by atoms with Crippen LogP contribution < -0.4 is 4.74 Å². The summed E-state index contributed by atoms with van der Waals surface area (Å²) >= 11 is 6.14. The second-order valence-electron chi connectivity index (χ2n) is 5.97. The minimum Gasteiger partial charge on any atom is -0.490 e. The van der Waals surface area contributed by atoms with Crippen LogP contribution in [0.25, 0.3) is 11.3 Å². The van der Waals surface area contributed by atoms with Gasteiger partial charge < -0.3 is 9.57 Å². The first-order valence-electron chi connectivity index (χ1n) is 8.62. The molecule has 0 fully saturated rings. The molecular formula is C21H12ClN5O2. The van der Waals surface area contributed by atoms with Crippen molar-refractivity contribution >= 4 is 17.3 Å². The Balaban J connectivity index is 1.61. The monoisotopic (exact) mass is 401 g/mol. The minimum absolute atomic E-state index is 0.0365. The maximum atomic E-state index is 9.27. The van der Waals surface area contributed by atoms with E-state index in [-0.39, 0.29) is 18.0 Å². The van der Waals surface area contributed by atoms with E-state index >= 15 is 0 Å². The topological polar surface area (TPSA) is 104 Å². The van der Waals surface area contributed by atoms with E-state index < -0.39 is 0 Å². The number of fused-ring (bicyclic) bond motifs is 3. The summed E-state index contributed by atoms with van der Waals surface area (Å²) in [4.78, 5) is 14.0. The Morgan fingerprint density at radius 2 is 1.62 bits per heavy atom. The zero-order valence-electron chi connectivity index (χ0n) is 15.0. The average molecular weight is 402 g/mol. The van der Waals surface area contributed by atoms with Gasteiger partial charge in [0.15, 0.2) is 18.0 Å². The molecule has 0 spiro atoms. The summed E-state index contributed by atoms with van der Waals surface area (Å²) in [7, 11) is 0. The summed E-state index contributed by atoms with van der Waals surface area (Å²) in [6.07, 6.45) is 0. The van der Waals surface area contributed by atoms with Crippen molar-refractivity contribution < 1.29 is 9.57 Å². The number of aromatic nitrogens is 2. The van der Waals surface area contributed by atoms with E-state index in [1.807, 2.05) is 42.5 Å². The molecule has 0 bridgehead atoms. The van der Waals surface area contributed by atoms with Gasteiger partial charge in [-0.1, -0.05) is 41.0 Å². The van der Waals surface area contributed by atoms with Crippen LogP contribution in [0.5, 0.6) is 5.75 Å². The highest BCUT2D eigenvalue weighted by Gasteiger charge is 2.30. The van der Waals surface area contributed by atoms with Crippen molar-refractivity contribution in [1.29, 1.82) is 10.5 Å². The Bertz CT molecular complexity index is 1200. The molecule has 29 heavy (non-hydrogen) atoms. The molecule has 0 radical (unpaired) electrons. The third-order valence-electron chi connectivity index (χ3n) is 4.17. The quantitative estimate of drug-likeness (QED) is 0.373. The number of ether oxygens (including phenoxy) is 1. The Kier molecular flexibility index (Phi) is 5.07. The SMILES string of the molecule is N#Cc1nc2c(nc1C#N)-c1ccc(Cl)cc1/C2=N\OCCOc1ccccc1. The van der Waals surface area contributed by atoms with Gasteiger partial charge >= 0.3 is 0 Å². The smallest absolute Gasteiger partial charge is 0.177 e. The third-order valence-corrected chi connectivity index (χ3v) is 4.40. The van der Waals surface area contributed by atoms with Crippen molar-refractivity contribution in [2.75, 3.05) is 13.2 Å². The summed E-state index contributed by atoms with van der Waals surface area (Å²) in [5, 5.41) is 23.2. The van der Waals surface area contributed by atoms with E-state index in [0.29, 0.717) is 34.3 Å². The van der Waals surface area contributed by atoms with Crippen molar-refractivity contribution in [2.45, 2.75) is 0 Å². The second-order valence-corrected chi connectivity index (χ2v) is 6.40. The van der Waals surface area contributed by atoms with Gasteiger partial charge in [-0.3, -0.25) is 0 Å². The van der Waals surface area contributed by atoms with Crippen LogP contribution >= 0.6 is 11.6 Å². The van der Waals surface area contributed by atoms with Crippen LogP contribution in [0.3, 0.4) is 0 Å². The van der Waals surface area contributed by atoms with Gasteiger partial charge in [0.25, 0.3) is 0 Å². The average Bonchev–Trinajstić information content (AvgIpc) is 3.05. The maximum absolute atomic E-state index is 9.27. The van der Waals surface area contributed by atoms with Gasteiger partial charge in [-0.05, 0) is 24.3 Å². The van der Waals surface area contributed by atoms with Crippen LogP contribution in [0.2, 0.25) is 5.02 Å². The van der Waals surface area contributed by atoms with Crippen molar-refractivity contribution in [3.05, 3.63) is 76.2 Å². The van der Waals surface area contributed by atoms with Gasteiger partial charge in [-0.25, -0.2) is 9.97 Å². The molecule has 7 nitrogen and oxygen atoms in total. The molecule has 1 aromatic heterocycles. The van der Waals surface area contributed by atoms with Crippen molar-refractivity contribution in [2.24, 2.45) is 5.16 Å². The van der Waals surface area contributed by atoms with Crippen molar-refractivity contribution in [3.63, 3.8) is 0 Å². The lowest BCUT2D eigenvalue weighted by molar-refractivity contribution is 0.107. The van der Waals surface area contributed by atoms with E-state index in [2.05, 4.69) is 15.1 Å². The summed E-state index contributed by atoms with van der Waals surface area (Å²) < 4.78 is 5.57. The fraction of sp³-hybridized carbons (Fsp3) is 0.0952. The standard InChI is InChI=1S/C21H12ClN5O2/c22-13-6-7-15-16(10-13)20(21-19(15)25-17(11-23)18(12-24)26-21)27-29-9-8-28-14-4-2-1-3-5-14/h1-7,10H,8-9H2/b27-20+. The molecule has 140 valence electrons. The number of para-hydroxylation sites is 1. The second kappa shape index (κ2) is 7.97. The Labute approximate surface area is 171 Å². The van der Waals surface area contributed by atoms with Gasteiger partial charge in [0.2, 0.25) is 0 Å². The van der Waals surface area contributed by atoms with Crippen LogP contribution in [-0.4, -0.2) is 28.9 Å². The molecule has 0 saturated carbocycles. The molecule has 0 saturated heterocycles. The molecule has 4 rings (SSSR count). The highest BCUT2D eigenvalue weighted by atomic mass is 35.5. The lowest BCUT2D eigenvalue weighted by atomic mass is 10.1. The van der Waals surface area contributed by atoms with Crippen LogP contribution in [0, 0.1) is 22.7 Å². The number of halogens is 1. The predicted molar refractivity (Wildman–Crippen MR) is 105 cm³/mol. The maximum Gasteiger partial charge on any atom is 0.177 e. The number of benzene rings is 2. The first kappa shape index (κ1) is 18.4. The van der Waals surface area contributed by atoms with Crippen LogP contribution in [0.1, 0.15) is 22.6 Å². The van der Waals surface area contributed by atoms with Gasteiger partial charge in [0, 0.05) is 16.1 Å². The van der Waals surface area contributed by atoms with Crippen LogP contribution in [-0.2, 0) is 4.84 Å². The Morgan fingerprint density at radius 3 is 2.34 bits per heavy atom. The first-order chi connectivity index (χ1) is 14.2. The van der Waals surface area contributed by atoms with Gasteiger partial charge in [-0.2, -0.15) is 10.5 Å². The third kappa shape index (κ3) is 3.60. The Morgan fingerprint density at radius 1 is 0.897 bits per heavy atom. The lowest BCUT2D eigenvalue weighted by Gasteiger charge is -2.06. The zero-order valence-corrected chi connectivity index (χ0v) is 15.7. The van der Waals surface area contributed by atoms with E-state index in [9.17, 15) is 10.5 Å². The van der Waals surface area contributed by atoms with Crippen molar-refractivity contribution in [3.8, 4) is 29.1 Å². The molecule has 0 aliphatic heterocycles.